The smallest absolute Gasteiger partial charge is 0.305 e. The number of anilines is 1. The fraction of sp³-hybridized carbons (Fsp3) is 0.263. The molecule has 0 spiro atoms. The third-order valence-electron chi connectivity index (χ3n) is 3.72. The van der Waals surface area contributed by atoms with Crippen LogP contribution in [0.4, 0.5) is 5.69 Å². The van der Waals surface area contributed by atoms with Crippen molar-refractivity contribution in [2.24, 2.45) is 0 Å². The Kier molecular flexibility index (Phi) is 5.92. The van der Waals surface area contributed by atoms with Gasteiger partial charge in [-0.2, -0.15) is 0 Å². The van der Waals surface area contributed by atoms with Crippen LogP contribution in [-0.4, -0.2) is 18.1 Å². The highest BCUT2D eigenvalue weighted by atomic mass is 16.5. The van der Waals surface area contributed by atoms with Crippen LogP contribution in [0, 0.1) is 6.92 Å². The first-order valence-electron chi connectivity index (χ1n) is 7.65. The van der Waals surface area contributed by atoms with Gasteiger partial charge in [0.15, 0.2) is 0 Å². The molecule has 0 aliphatic heterocycles. The summed E-state index contributed by atoms with van der Waals surface area (Å²) in [6.45, 7) is 1.99. The monoisotopic (exact) mass is 310 g/mol. The van der Waals surface area contributed by atoms with E-state index in [2.05, 4.69) is 21.9 Å². The Morgan fingerprint density at radius 1 is 1.30 bits per heavy atom. The lowest BCUT2D eigenvalue weighted by Crippen LogP contribution is -1.99. The van der Waals surface area contributed by atoms with Crippen molar-refractivity contribution < 1.29 is 9.53 Å². The van der Waals surface area contributed by atoms with Crippen molar-refractivity contribution in [3.8, 4) is 0 Å². The molecule has 0 aliphatic rings. The number of aryl methyl sites for hydroxylation is 1. The molecule has 0 saturated carbocycles. The summed E-state index contributed by atoms with van der Waals surface area (Å²) in [5.74, 6) is -0.180. The predicted molar refractivity (Wildman–Crippen MR) is 92.8 cm³/mol. The van der Waals surface area contributed by atoms with Gasteiger partial charge in [-0.1, -0.05) is 24.3 Å². The molecule has 0 amide bonds. The number of esters is 1. The molecule has 0 bridgehead atoms. The van der Waals surface area contributed by atoms with E-state index in [1.54, 1.807) is 6.20 Å². The Morgan fingerprint density at radius 3 is 2.78 bits per heavy atom. The number of nitrogens with two attached hydrogens (primary N) is 1. The SMILES string of the molecule is COC(=O)CCC/C=C(\c1cccnc1)c1ccc(C)c(N)c1. The van der Waals surface area contributed by atoms with Gasteiger partial charge in [0.05, 0.1) is 7.11 Å². The van der Waals surface area contributed by atoms with Crippen molar-refractivity contribution >= 4 is 17.2 Å². The number of aromatic nitrogens is 1. The fourth-order valence-corrected chi connectivity index (χ4v) is 2.33. The minimum absolute atomic E-state index is 0.180. The maximum Gasteiger partial charge on any atom is 0.305 e. The Bertz CT molecular complexity index is 694. The average Bonchev–Trinajstić information content (AvgIpc) is 2.58. The van der Waals surface area contributed by atoms with Gasteiger partial charge in [-0.25, -0.2) is 0 Å². The number of nitrogens with zero attached hydrogens (tertiary/aromatic N) is 1. The quantitative estimate of drug-likeness (QED) is 0.501. The van der Waals surface area contributed by atoms with Gasteiger partial charge in [0.2, 0.25) is 0 Å². The van der Waals surface area contributed by atoms with Crippen LogP contribution in [0.5, 0.6) is 0 Å². The van der Waals surface area contributed by atoms with Crippen LogP contribution in [-0.2, 0) is 9.53 Å². The number of ether oxygens (including phenoxy) is 1. The molecule has 4 nitrogen and oxygen atoms in total. The van der Waals surface area contributed by atoms with Crippen LogP contribution in [0.3, 0.4) is 0 Å². The Balaban J connectivity index is 2.25. The van der Waals surface area contributed by atoms with Crippen LogP contribution < -0.4 is 5.73 Å². The highest BCUT2D eigenvalue weighted by Crippen LogP contribution is 2.26. The lowest BCUT2D eigenvalue weighted by molar-refractivity contribution is -0.140. The van der Waals surface area contributed by atoms with E-state index < -0.39 is 0 Å². The molecule has 0 fully saturated rings. The van der Waals surface area contributed by atoms with E-state index in [0.29, 0.717) is 6.42 Å². The molecular formula is C19H22N2O2. The number of carbonyl (C=O) groups is 1. The van der Waals surface area contributed by atoms with Crippen molar-refractivity contribution in [2.75, 3.05) is 12.8 Å². The minimum Gasteiger partial charge on any atom is -0.469 e. The van der Waals surface area contributed by atoms with Gasteiger partial charge < -0.3 is 10.5 Å². The highest BCUT2D eigenvalue weighted by Gasteiger charge is 2.07. The van der Waals surface area contributed by atoms with E-state index in [9.17, 15) is 4.79 Å². The molecule has 2 N–H and O–H groups in total. The summed E-state index contributed by atoms with van der Waals surface area (Å²) in [6, 6.07) is 9.99. The molecule has 0 aliphatic carbocycles. The van der Waals surface area contributed by atoms with Crippen LogP contribution in [0.25, 0.3) is 5.57 Å². The van der Waals surface area contributed by atoms with Crippen LogP contribution >= 0.6 is 0 Å². The molecule has 0 unspecified atom stereocenters. The number of benzene rings is 1. The zero-order chi connectivity index (χ0) is 16.7. The van der Waals surface area contributed by atoms with Crippen LogP contribution in [0.1, 0.15) is 36.0 Å². The maximum atomic E-state index is 11.2. The van der Waals surface area contributed by atoms with E-state index in [1.165, 1.54) is 7.11 Å². The standard InChI is InChI=1S/C19H22N2O2/c1-14-9-10-15(12-18(14)20)17(16-6-5-11-21-13-16)7-3-4-8-19(22)23-2/h5-7,9-13H,3-4,8,20H2,1-2H3/b17-7-. The lowest BCUT2D eigenvalue weighted by Gasteiger charge is -2.10. The van der Waals surface area contributed by atoms with Gasteiger partial charge in [-0.3, -0.25) is 9.78 Å². The van der Waals surface area contributed by atoms with Gasteiger partial charge in [0, 0.05) is 30.1 Å². The number of allylic oxidation sites excluding steroid dienone is 1. The van der Waals surface area contributed by atoms with E-state index in [-0.39, 0.29) is 5.97 Å². The summed E-state index contributed by atoms with van der Waals surface area (Å²) < 4.78 is 4.67. The molecule has 2 aromatic rings. The largest absolute Gasteiger partial charge is 0.469 e. The highest BCUT2D eigenvalue weighted by molar-refractivity contribution is 5.81. The predicted octanol–water partition coefficient (Wildman–Crippen LogP) is 3.75. The molecule has 120 valence electrons. The van der Waals surface area contributed by atoms with Crippen molar-refractivity contribution in [3.63, 3.8) is 0 Å². The summed E-state index contributed by atoms with van der Waals surface area (Å²) in [5, 5.41) is 0. The molecule has 0 radical (unpaired) electrons. The molecule has 1 aromatic heterocycles. The second-order valence-electron chi connectivity index (χ2n) is 5.40. The Labute approximate surface area is 137 Å². The van der Waals surface area contributed by atoms with Gasteiger partial charge >= 0.3 is 5.97 Å². The van der Waals surface area contributed by atoms with Crippen LogP contribution in [0.2, 0.25) is 0 Å². The number of pyridine rings is 1. The van der Waals surface area contributed by atoms with E-state index in [1.807, 2.05) is 37.4 Å². The zero-order valence-corrected chi connectivity index (χ0v) is 13.6. The number of rotatable bonds is 6. The molecule has 0 saturated heterocycles. The Morgan fingerprint density at radius 2 is 2.13 bits per heavy atom. The maximum absolute atomic E-state index is 11.2. The summed E-state index contributed by atoms with van der Waals surface area (Å²) >= 11 is 0. The van der Waals surface area contributed by atoms with Gasteiger partial charge in [-0.05, 0) is 48.6 Å². The topological polar surface area (TPSA) is 65.2 Å². The summed E-state index contributed by atoms with van der Waals surface area (Å²) in [6.07, 6.45) is 7.67. The molecule has 0 atom stereocenters. The first kappa shape index (κ1) is 16.7. The third-order valence-corrected chi connectivity index (χ3v) is 3.72. The number of hydrogen-bond acceptors (Lipinski definition) is 4. The fourth-order valence-electron chi connectivity index (χ4n) is 2.33. The first-order chi connectivity index (χ1) is 11.1. The number of unbranched alkanes of at least 4 members (excludes halogenated alkanes) is 1. The first-order valence-corrected chi connectivity index (χ1v) is 7.65. The van der Waals surface area contributed by atoms with E-state index in [4.69, 9.17) is 5.73 Å². The normalized spacial score (nSPS) is 11.3. The number of methoxy groups -OCH3 is 1. The second kappa shape index (κ2) is 8.13. The summed E-state index contributed by atoms with van der Waals surface area (Å²) in [4.78, 5) is 15.4. The van der Waals surface area contributed by atoms with Crippen molar-refractivity contribution in [3.05, 3.63) is 65.5 Å². The van der Waals surface area contributed by atoms with E-state index in [0.717, 1.165) is 40.8 Å². The number of carbonyl (C=O) groups excluding carboxylic acids is 1. The van der Waals surface area contributed by atoms with Gasteiger partial charge in [-0.15, -0.1) is 0 Å². The Hall–Kier alpha value is -2.62. The van der Waals surface area contributed by atoms with Crippen molar-refractivity contribution in [1.29, 1.82) is 0 Å². The third kappa shape index (κ3) is 4.68. The second-order valence-corrected chi connectivity index (χ2v) is 5.40. The molecule has 1 heterocycles. The van der Waals surface area contributed by atoms with E-state index >= 15 is 0 Å². The number of hydrogen-bond donors (Lipinski definition) is 1. The minimum atomic E-state index is -0.180. The molecule has 23 heavy (non-hydrogen) atoms. The van der Waals surface area contributed by atoms with Gasteiger partial charge in [0.25, 0.3) is 0 Å². The summed E-state index contributed by atoms with van der Waals surface area (Å²) in [7, 11) is 1.41. The molecule has 2 rings (SSSR count). The summed E-state index contributed by atoms with van der Waals surface area (Å²) in [5.41, 5.74) is 11.0. The zero-order valence-electron chi connectivity index (χ0n) is 13.6. The molecule has 1 aromatic carbocycles. The van der Waals surface area contributed by atoms with Gasteiger partial charge in [0.1, 0.15) is 0 Å². The average molecular weight is 310 g/mol. The lowest BCUT2D eigenvalue weighted by atomic mass is 9.96. The van der Waals surface area contributed by atoms with Crippen LogP contribution in [0.15, 0.2) is 48.8 Å². The van der Waals surface area contributed by atoms with Crippen molar-refractivity contribution in [2.45, 2.75) is 26.2 Å². The van der Waals surface area contributed by atoms with Crippen molar-refractivity contribution in [1.82, 2.24) is 4.98 Å². The molecular weight excluding hydrogens is 288 g/mol. The molecule has 4 heteroatoms. The number of nitrogen functional groups attached to an aromatic ring is 1.